The fourth-order valence-corrected chi connectivity index (χ4v) is 3.62. The molecule has 1 aromatic rings. The van der Waals surface area contributed by atoms with E-state index in [1.807, 2.05) is 30.3 Å². The predicted molar refractivity (Wildman–Crippen MR) is 74.2 cm³/mol. The average Bonchev–Trinajstić information content (AvgIpc) is 2.40. The molecular formula is C16H16N2O2. The molecule has 0 amide bonds. The van der Waals surface area contributed by atoms with Gasteiger partial charge in [0.15, 0.2) is 0 Å². The second-order valence-corrected chi connectivity index (χ2v) is 5.89. The van der Waals surface area contributed by atoms with Gasteiger partial charge in [-0.3, -0.25) is 9.79 Å². The van der Waals surface area contributed by atoms with Crippen LogP contribution in [0, 0.1) is 22.2 Å². The van der Waals surface area contributed by atoms with Crippen molar-refractivity contribution in [3.05, 3.63) is 35.9 Å². The lowest BCUT2D eigenvalue weighted by molar-refractivity contribution is -0.227. The maximum Gasteiger partial charge on any atom is 0.311 e. The van der Waals surface area contributed by atoms with Gasteiger partial charge in [0.2, 0.25) is 0 Å². The summed E-state index contributed by atoms with van der Waals surface area (Å²) >= 11 is 0. The zero-order chi connectivity index (χ0) is 14.2. The smallest absolute Gasteiger partial charge is 0.311 e. The quantitative estimate of drug-likeness (QED) is 0.622. The Hall–Kier alpha value is -2.15. The summed E-state index contributed by atoms with van der Waals surface area (Å²) in [6, 6.07) is 11.6. The molecule has 4 nitrogen and oxygen atoms in total. The Kier molecular flexibility index (Phi) is 2.86. The highest BCUT2D eigenvalue weighted by atomic mass is 16.5. The number of ether oxygens (including phenoxy) is 1. The number of esters is 1. The Morgan fingerprint density at radius 3 is 2.60 bits per heavy atom. The first-order valence-corrected chi connectivity index (χ1v) is 6.70. The molecule has 0 saturated heterocycles. The lowest BCUT2D eigenvalue weighted by Crippen LogP contribution is -2.69. The van der Waals surface area contributed by atoms with Gasteiger partial charge in [-0.1, -0.05) is 30.3 Å². The maximum absolute atomic E-state index is 11.6. The predicted octanol–water partition coefficient (Wildman–Crippen LogP) is 2.34. The van der Waals surface area contributed by atoms with Gasteiger partial charge in [0.25, 0.3) is 0 Å². The molecule has 0 N–H and O–H groups in total. The topological polar surface area (TPSA) is 62.5 Å². The lowest BCUT2D eigenvalue weighted by atomic mass is 9.33. The van der Waals surface area contributed by atoms with Crippen molar-refractivity contribution >= 4 is 12.2 Å². The maximum atomic E-state index is 11.6. The minimum Gasteiger partial charge on any atom is -0.469 e. The molecule has 4 heteroatoms. The SMILES string of the molecule is COC(=O)C12CC([C@@H](C#N)N=Cc3ccccc3)(C1)C2. The summed E-state index contributed by atoms with van der Waals surface area (Å²) in [7, 11) is 1.42. The van der Waals surface area contributed by atoms with Crippen LogP contribution in [-0.2, 0) is 9.53 Å². The van der Waals surface area contributed by atoms with Crippen LogP contribution in [0.25, 0.3) is 0 Å². The number of nitrogens with zero attached hydrogens (tertiary/aromatic N) is 2. The van der Waals surface area contributed by atoms with Gasteiger partial charge in [0, 0.05) is 11.6 Å². The van der Waals surface area contributed by atoms with Crippen molar-refractivity contribution < 1.29 is 9.53 Å². The Bertz CT molecular complexity index is 581. The van der Waals surface area contributed by atoms with Crippen LogP contribution >= 0.6 is 0 Å². The lowest BCUT2D eigenvalue weighted by Gasteiger charge is -2.69. The summed E-state index contributed by atoms with van der Waals surface area (Å²) in [5.41, 5.74) is 0.572. The average molecular weight is 268 g/mol. The molecule has 3 aliphatic carbocycles. The number of methoxy groups -OCH3 is 1. The first-order valence-electron chi connectivity index (χ1n) is 6.70. The van der Waals surface area contributed by atoms with Gasteiger partial charge < -0.3 is 4.74 Å². The molecule has 1 atom stereocenters. The second kappa shape index (κ2) is 4.45. The van der Waals surface area contributed by atoms with Crippen molar-refractivity contribution in [2.75, 3.05) is 7.11 Å². The number of nitriles is 1. The molecule has 3 aliphatic rings. The molecule has 0 heterocycles. The molecule has 0 unspecified atom stereocenters. The number of carbonyl (C=O) groups excluding carboxylic acids is 1. The number of hydrogen-bond donors (Lipinski definition) is 0. The Morgan fingerprint density at radius 2 is 2.05 bits per heavy atom. The van der Waals surface area contributed by atoms with Crippen LogP contribution in [0.3, 0.4) is 0 Å². The van der Waals surface area contributed by atoms with Crippen molar-refractivity contribution in [3.63, 3.8) is 0 Å². The number of rotatable bonds is 4. The second-order valence-electron chi connectivity index (χ2n) is 5.89. The van der Waals surface area contributed by atoms with E-state index in [4.69, 9.17) is 4.74 Å². The number of hydrogen-bond acceptors (Lipinski definition) is 4. The Morgan fingerprint density at radius 1 is 1.40 bits per heavy atom. The van der Waals surface area contributed by atoms with Crippen molar-refractivity contribution in [3.8, 4) is 6.07 Å². The van der Waals surface area contributed by atoms with E-state index in [2.05, 4.69) is 11.1 Å². The molecule has 0 aromatic heterocycles. The third-order valence-corrected chi connectivity index (χ3v) is 4.56. The molecule has 0 aliphatic heterocycles. The van der Waals surface area contributed by atoms with E-state index < -0.39 is 0 Å². The monoisotopic (exact) mass is 268 g/mol. The minimum atomic E-state index is -0.366. The van der Waals surface area contributed by atoms with Crippen LogP contribution in [0.15, 0.2) is 35.3 Å². The summed E-state index contributed by atoms with van der Waals surface area (Å²) in [4.78, 5) is 16.1. The van der Waals surface area contributed by atoms with Crippen LogP contribution in [0.2, 0.25) is 0 Å². The van der Waals surface area contributed by atoms with Gasteiger partial charge in [-0.05, 0) is 24.8 Å². The summed E-state index contributed by atoms with van der Waals surface area (Å²) in [5.74, 6) is -0.136. The zero-order valence-electron chi connectivity index (χ0n) is 11.4. The first-order chi connectivity index (χ1) is 9.64. The van der Waals surface area contributed by atoms with E-state index in [1.165, 1.54) is 7.11 Å². The van der Waals surface area contributed by atoms with E-state index in [0.717, 1.165) is 24.8 Å². The van der Waals surface area contributed by atoms with E-state index in [9.17, 15) is 10.1 Å². The van der Waals surface area contributed by atoms with E-state index in [-0.39, 0.29) is 22.8 Å². The van der Waals surface area contributed by atoms with Crippen molar-refractivity contribution in [2.24, 2.45) is 15.8 Å². The van der Waals surface area contributed by atoms with Crippen LogP contribution in [0.4, 0.5) is 0 Å². The van der Waals surface area contributed by atoms with Crippen LogP contribution in [-0.4, -0.2) is 25.3 Å². The van der Waals surface area contributed by atoms with Crippen molar-refractivity contribution in [1.29, 1.82) is 5.26 Å². The van der Waals surface area contributed by atoms with Crippen molar-refractivity contribution in [2.45, 2.75) is 25.3 Å². The molecule has 3 saturated carbocycles. The third-order valence-electron chi connectivity index (χ3n) is 4.56. The van der Waals surface area contributed by atoms with Gasteiger partial charge in [0.05, 0.1) is 18.6 Å². The highest BCUT2D eigenvalue weighted by Gasteiger charge is 2.75. The standard InChI is InChI=1S/C16H16N2O2/c1-20-14(19)16-9-15(10-16,11-16)13(7-17)18-8-12-5-3-2-4-6-12/h2-6,8,13H,9-11H2,1H3/t13-,15?,16?/m1/s1. The fraction of sp³-hybridized carbons (Fsp3) is 0.438. The molecule has 4 rings (SSSR count). The molecule has 2 bridgehead atoms. The molecule has 1 aromatic carbocycles. The zero-order valence-corrected chi connectivity index (χ0v) is 11.4. The summed E-state index contributed by atoms with van der Waals surface area (Å²) in [5, 5.41) is 9.33. The summed E-state index contributed by atoms with van der Waals surface area (Å²) < 4.78 is 4.82. The van der Waals surface area contributed by atoms with Gasteiger partial charge >= 0.3 is 5.97 Å². The number of benzene rings is 1. The van der Waals surface area contributed by atoms with Crippen molar-refractivity contribution in [1.82, 2.24) is 0 Å². The fourth-order valence-electron chi connectivity index (χ4n) is 3.62. The third kappa shape index (κ3) is 1.74. The van der Waals surface area contributed by atoms with Crippen LogP contribution in [0.1, 0.15) is 24.8 Å². The first kappa shape index (κ1) is 12.9. The highest BCUT2D eigenvalue weighted by Crippen LogP contribution is 2.75. The molecule has 20 heavy (non-hydrogen) atoms. The summed E-state index contributed by atoms with van der Waals surface area (Å²) in [6.45, 7) is 0. The van der Waals surface area contributed by atoms with Crippen LogP contribution < -0.4 is 0 Å². The van der Waals surface area contributed by atoms with Gasteiger partial charge in [-0.25, -0.2) is 0 Å². The molecule has 0 radical (unpaired) electrons. The number of carbonyl (C=O) groups is 1. The van der Waals surface area contributed by atoms with Crippen LogP contribution in [0.5, 0.6) is 0 Å². The highest BCUT2D eigenvalue weighted by molar-refractivity contribution is 5.82. The van der Waals surface area contributed by atoms with E-state index in [0.29, 0.717) is 0 Å². The van der Waals surface area contributed by atoms with E-state index >= 15 is 0 Å². The Balaban J connectivity index is 1.68. The van der Waals surface area contributed by atoms with Gasteiger partial charge in [0.1, 0.15) is 6.04 Å². The van der Waals surface area contributed by atoms with Gasteiger partial charge in [-0.15, -0.1) is 0 Å². The molecule has 3 fully saturated rings. The van der Waals surface area contributed by atoms with Gasteiger partial charge in [-0.2, -0.15) is 5.26 Å². The Labute approximate surface area is 118 Å². The largest absolute Gasteiger partial charge is 0.469 e. The van der Waals surface area contributed by atoms with E-state index in [1.54, 1.807) is 6.21 Å². The summed E-state index contributed by atoms with van der Waals surface area (Å²) in [6.07, 6.45) is 3.95. The molecule has 102 valence electrons. The molecule has 0 spiro atoms. The number of aliphatic imine (C=N–C) groups is 1. The minimum absolute atomic E-state index is 0.103. The molecular weight excluding hydrogens is 252 g/mol. The normalized spacial score (nSPS) is 31.8.